The summed E-state index contributed by atoms with van der Waals surface area (Å²) in [6.45, 7) is 7.25. The predicted octanol–water partition coefficient (Wildman–Crippen LogP) is 2.93. The molecular formula is C16H23N3. The highest BCUT2D eigenvalue weighted by atomic mass is 15.1. The fraction of sp³-hybridized carbons (Fsp3) is 0.438. The lowest BCUT2D eigenvalue weighted by atomic mass is 10.1. The first kappa shape index (κ1) is 13.8. The summed E-state index contributed by atoms with van der Waals surface area (Å²) in [6.07, 6.45) is 6.16. The number of nitrogens with zero attached hydrogens (tertiary/aromatic N) is 2. The molecule has 1 N–H and O–H groups in total. The van der Waals surface area contributed by atoms with Gasteiger partial charge in [-0.2, -0.15) is 0 Å². The molecule has 0 atom stereocenters. The molecule has 102 valence electrons. The molecule has 0 unspecified atom stereocenters. The molecule has 0 fully saturated rings. The normalized spacial score (nSPS) is 10.8. The van der Waals surface area contributed by atoms with E-state index >= 15 is 0 Å². The monoisotopic (exact) mass is 257 g/mol. The zero-order chi connectivity index (χ0) is 13.5. The Bertz CT molecular complexity index is 502. The van der Waals surface area contributed by atoms with Gasteiger partial charge in [0.05, 0.1) is 6.54 Å². The molecule has 1 aromatic carbocycles. The zero-order valence-electron chi connectivity index (χ0n) is 11.9. The van der Waals surface area contributed by atoms with E-state index < -0.39 is 0 Å². The van der Waals surface area contributed by atoms with Gasteiger partial charge < -0.3 is 9.88 Å². The predicted molar refractivity (Wildman–Crippen MR) is 79.1 cm³/mol. The second-order valence-electron chi connectivity index (χ2n) is 4.89. The molecule has 1 aromatic heterocycles. The first-order valence-electron chi connectivity index (χ1n) is 7.06. The minimum absolute atomic E-state index is 0.846. The number of aryl methyl sites for hydroxylation is 2. The molecule has 2 aromatic rings. The summed E-state index contributed by atoms with van der Waals surface area (Å²) in [5.41, 5.74) is 2.80. The quantitative estimate of drug-likeness (QED) is 0.773. The van der Waals surface area contributed by atoms with Gasteiger partial charge in [-0.25, -0.2) is 4.98 Å². The number of hydrogen-bond acceptors (Lipinski definition) is 2. The van der Waals surface area contributed by atoms with Crippen LogP contribution in [0.25, 0.3) is 0 Å². The van der Waals surface area contributed by atoms with E-state index in [4.69, 9.17) is 0 Å². The Labute approximate surface area is 115 Å². The number of imidazole rings is 1. The maximum absolute atomic E-state index is 4.40. The molecule has 0 aliphatic rings. The fourth-order valence-electron chi connectivity index (χ4n) is 2.27. The van der Waals surface area contributed by atoms with Gasteiger partial charge in [0.15, 0.2) is 0 Å². The van der Waals surface area contributed by atoms with Crippen LogP contribution in [0.1, 0.15) is 30.3 Å². The number of hydrogen-bond donors (Lipinski definition) is 1. The SMILES string of the molecule is CCCn1ccnc1CNCCc1ccccc1C. The van der Waals surface area contributed by atoms with Crippen molar-refractivity contribution in [3.8, 4) is 0 Å². The molecule has 0 amide bonds. The van der Waals surface area contributed by atoms with E-state index in [1.165, 1.54) is 11.1 Å². The molecule has 3 nitrogen and oxygen atoms in total. The van der Waals surface area contributed by atoms with Gasteiger partial charge in [-0.05, 0) is 37.4 Å². The molecule has 0 bridgehead atoms. The first-order chi connectivity index (χ1) is 9.31. The summed E-state index contributed by atoms with van der Waals surface area (Å²) in [5, 5.41) is 3.48. The van der Waals surface area contributed by atoms with Crippen LogP contribution in [-0.4, -0.2) is 16.1 Å². The lowest BCUT2D eigenvalue weighted by Gasteiger charge is -2.09. The third kappa shape index (κ3) is 3.93. The van der Waals surface area contributed by atoms with Crippen LogP contribution in [0.4, 0.5) is 0 Å². The third-order valence-electron chi connectivity index (χ3n) is 3.38. The number of rotatable bonds is 7. The minimum Gasteiger partial charge on any atom is -0.334 e. The second kappa shape index (κ2) is 7.10. The molecule has 0 saturated heterocycles. The summed E-state index contributed by atoms with van der Waals surface area (Å²) in [5.74, 6) is 1.13. The van der Waals surface area contributed by atoms with Gasteiger partial charge >= 0.3 is 0 Å². The number of nitrogens with one attached hydrogen (secondary N) is 1. The fourth-order valence-corrected chi connectivity index (χ4v) is 2.27. The van der Waals surface area contributed by atoms with Gasteiger partial charge in [0.1, 0.15) is 5.82 Å². The summed E-state index contributed by atoms with van der Waals surface area (Å²) in [7, 11) is 0. The average molecular weight is 257 g/mol. The number of benzene rings is 1. The van der Waals surface area contributed by atoms with Gasteiger partial charge in [-0.1, -0.05) is 31.2 Å². The Morgan fingerprint density at radius 1 is 1.26 bits per heavy atom. The van der Waals surface area contributed by atoms with Crippen LogP contribution in [0.15, 0.2) is 36.7 Å². The van der Waals surface area contributed by atoms with Gasteiger partial charge in [-0.15, -0.1) is 0 Å². The minimum atomic E-state index is 0.846. The molecule has 0 spiro atoms. The molecule has 19 heavy (non-hydrogen) atoms. The van der Waals surface area contributed by atoms with Crippen LogP contribution in [0.5, 0.6) is 0 Å². The van der Waals surface area contributed by atoms with Crippen molar-refractivity contribution in [3.05, 3.63) is 53.6 Å². The van der Waals surface area contributed by atoms with Gasteiger partial charge in [-0.3, -0.25) is 0 Å². The van der Waals surface area contributed by atoms with Crippen molar-refractivity contribution < 1.29 is 0 Å². The third-order valence-corrected chi connectivity index (χ3v) is 3.38. The smallest absolute Gasteiger partial charge is 0.122 e. The van der Waals surface area contributed by atoms with E-state index in [0.29, 0.717) is 0 Å². The van der Waals surface area contributed by atoms with Crippen molar-refractivity contribution in [3.63, 3.8) is 0 Å². The topological polar surface area (TPSA) is 29.9 Å². The van der Waals surface area contributed by atoms with Crippen molar-refractivity contribution in [2.75, 3.05) is 6.54 Å². The molecule has 2 rings (SSSR count). The highest BCUT2D eigenvalue weighted by Gasteiger charge is 2.01. The lowest BCUT2D eigenvalue weighted by Crippen LogP contribution is -2.20. The van der Waals surface area contributed by atoms with Gasteiger partial charge in [0.2, 0.25) is 0 Å². The highest BCUT2D eigenvalue weighted by Crippen LogP contribution is 2.07. The first-order valence-corrected chi connectivity index (χ1v) is 7.06. The van der Waals surface area contributed by atoms with E-state index in [1.54, 1.807) is 0 Å². The maximum Gasteiger partial charge on any atom is 0.122 e. The average Bonchev–Trinajstić information content (AvgIpc) is 2.85. The van der Waals surface area contributed by atoms with Gasteiger partial charge in [0, 0.05) is 18.9 Å². The van der Waals surface area contributed by atoms with E-state index in [9.17, 15) is 0 Å². The van der Waals surface area contributed by atoms with Crippen LogP contribution in [-0.2, 0) is 19.5 Å². The van der Waals surface area contributed by atoms with Crippen LogP contribution in [0, 0.1) is 6.92 Å². The van der Waals surface area contributed by atoms with Crippen LogP contribution in [0.2, 0.25) is 0 Å². The Hall–Kier alpha value is -1.61. The lowest BCUT2D eigenvalue weighted by molar-refractivity contribution is 0.589. The molecule has 3 heteroatoms. The molecule has 1 heterocycles. The van der Waals surface area contributed by atoms with E-state index in [-0.39, 0.29) is 0 Å². The maximum atomic E-state index is 4.40. The van der Waals surface area contributed by atoms with Crippen LogP contribution in [0.3, 0.4) is 0 Å². The van der Waals surface area contributed by atoms with Gasteiger partial charge in [0.25, 0.3) is 0 Å². The van der Waals surface area contributed by atoms with Crippen molar-refractivity contribution in [1.82, 2.24) is 14.9 Å². The second-order valence-corrected chi connectivity index (χ2v) is 4.89. The summed E-state index contributed by atoms with van der Waals surface area (Å²) in [4.78, 5) is 4.40. The van der Waals surface area contributed by atoms with E-state index in [1.807, 2.05) is 6.20 Å². The molecule has 0 aliphatic carbocycles. The summed E-state index contributed by atoms with van der Waals surface area (Å²) in [6, 6.07) is 8.57. The number of aromatic nitrogens is 2. The molecule has 0 saturated carbocycles. The van der Waals surface area contributed by atoms with E-state index in [0.717, 1.165) is 38.3 Å². The van der Waals surface area contributed by atoms with E-state index in [2.05, 4.69) is 59.2 Å². The largest absolute Gasteiger partial charge is 0.334 e. The standard InChI is InChI=1S/C16H23N3/c1-3-11-19-12-10-18-16(19)13-17-9-8-15-7-5-4-6-14(15)2/h4-7,10,12,17H,3,8-9,11,13H2,1-2H3. The Kier molecular flexibility index (Phi) is 5.16. The van der Waals surface area contributed by atoms with Crippen LogP contribution < -0.4 is 5.32 Å². The van der Waals surface area contributed by atoms with Crippen LogP contribution >= 0.6 is 0 Å². The molecule has 0 aliphatic heterocycles. The summed E-state index contributed by atoms with van der Waals surface area (Å²) < 4.78 is 2.22. The van der Waals surface area contributed by atoms with Crippen molar-refractivity contribution >= 4 is 0 Å². The summed E-state index contributed by atoms with van der Waals surface area (Å²) >= 11 is 0. The molecule has 0 radical (unpaired) electrons. The molecular weight excluding hydrogens is 234 g/mol. The Balaban J connectivity index is 1.78. The van der Waals surface area contributed by atoms with Crippen molar-refractivity contribution in [2.24, 2.45) is 0 Å². The zero-order valence-corrected chi connectivity index (χ0v) is 11.9. The van der Waals surface area contributed by atoms with Crippen molar-refractivity contribution in [1.29, 1.82) is 0 Å². The Morgan fingerprint density at radius 3 is 2.89 bits per heavy atom. The van der Waals surface area contributed by atoms with Crippen molar-refractivity contribution in [2.45, 2.75) is 39.8 Å². The highest BCUT2D eigenvalue weighted by molar-refractivity contribution is 5.25. The Morgan fingerprint density at radius 2 is 2.11 bits per heavy atom.